The van der Waals surface area contributed by atoms with Gasteiger partial charge in [-0.15, -0.1) is 0 Å². The number of benzene rings is 1. The van der Waals surface area contributed by atoms with E-state index >= 15 is 0 Å². The molecule has 0 aliphatic rings. The van der Waals surface area contributed by atoms with E-state index in [9.17, 15) is 4.79 Å². The number of carbonyl (C=O) groups excluding carboxylic acids is 1. The topological polar surface area (TPSA) is 47.6 Å². The molecule has 0 unspecified atom stereocenters. The highest BCUT2D eigenvalue weighted by atomic mass is 16.5. The Morgan fingerprint density at radius 2 is 1.95 bits per heavy atom. The normalized spacial score (nSPS) is 10.9. The van der Waals surface area contributed by atoms with Crippen LogP contribution in [-0.4, -0.2) is 24.8 Å². The molecular formula is C15H23NO3. The highest BCUT2D eigenvalue weighted by molar-refractivity contribution is 5.67. The van der Waals surface area contributed by atoms with Gasteiger partial charge in [0.15, 0.2) is 0 Å². The number of rotatable bonds is 5. The summed E-state index contributed by atoms with van der Waals surface area (Å²) < 4.78 is 10.7. The molecule has 4 nitrogen and oxygen atoms in total. The quantitative estimate of drug-likeness (QED) is 0.889. The zero-order valence-corrected chi connectivity index (χ0v) is 12.2. The van der Waals surface area contributed by atoms with Crippen LogP contribution >= 0.6 is 0 Å². The smallest absolute Gasteiger partial charge is 0.407 e. The van der Waals surface area contributed by atoms with E-state index in [4.69, 9.17) is 9.47 Å². The number of para-hydroxylation sites is 1. The van der Waals surface area contributed by atoms with Gasteiger partial charge in [0.05, 0.1) is 6.61 Å². The van der Waals surface area contributed by atoms with Crippen LogP contribution in [0.15, 0.2) is 24.3 Å². The summed E-state index contributed by atoms with van der Waals surface area (Å²) in [6.07, 6.45) is 0.335. The second kappa shape index (κ2) is 7.02. The lowest BCUT2D eigenvalue weighted by Crippen LogP contribution is -2.27. The first-order chi connectivity index (χ1) is 8.92. The van der Waals surface area contributed by atoms with E-state index in [1.54, 1.807) is 6.92 Å². The Hall–Kier alpha value is -1.71. The fourth-order valence-corrected chi connectivity index (χ4v) is 1.62. The van der Waals surface area contributed by atoms with Gasteiger partial charge in [0.2, 0.25) is 0 Å². The SMILES string of the molecule is CCOC(=O)NCCc1ccccc1OC(C)(C)C. The van der Waals surface area contributed by atoms with Crippen molar-refractivity contribution in [1.82, 2.24) is 5.32 Å². The van der Waals surface area contributed by atoms with E-state index in [-0.39, 0.29) is 11.7 Å². The van der Waals surface area contributed by atoms with Crippen LogP contribution in [0.25, 0.3) is 0 Å². The minimum Gasteiger partial charge on any atom is -0.488 e. The van der Waals surface area contributed by atoms with Gasteiger partial charge in [0.25, 0.3) is 0 Å². The molecule has 0 spiro atoms. The van der Waals surface area contributed by atoms with Crippen LogP contribution in [0, 0.1) is 0 Å². The molecule has 0 heterocycles. The zero-order chi connectivity index (χ0) is 14.3. The standard InChI is InChI=1S/C15H23NO3/c1-5-18-14(17)16-11-10-12-8-6-7-9-13(12)19-15(2,3)4/h6-9H,5,10-11H2,1-4H3,(H,16,17). The van der Waals surface area contributed by atoms with Gasteiger partial charge in [-0.3, -0.25) is 0 Å². The van der Waals surface area contributed by atoms with Crippen LogP contribution in [0.4, 0.5) is 4.79 Å². The number of amides is 1. The predicted molar refractivity (Wildman–Crippen MR) is 75.6 cm³/mol. The maximum absolute atomic E-state index is 11.2. The molecular weight excluding hydrogens is 242 g/mol. The Bertz CT molecular complexity index is 410. The van der Waals surface area contributed by atoms with Gasteiger partial charge in [0.1, 0.15) is 11.4 Å². The first-order valence-electron chi connectivity index (χ1n) is 6.60. The van der Waals surface area contributed by atoms with Crippen molar-refractivity contribution in [1.29, 1.82) is 0 Å². The van der Waals surface area contributed by atoms with Gasteiger partial charge < -0.3 is 14.8 Å². The molecule has 4 heteroatoms. The van der Waals surface area contributed by atoms with Crippen LogP contribution in [0.2, 0.25) is 0 Å². The maximum Gasteiger partial charge on any atom is 0.407 e. The molecule has 1 N–H and O–H groups in total. The molecule has 0 atom stereocenters. The van der Waals surface area contributed by atoms with Crippen molar-refractivity contribution < 1.29 is 14.3 Å². The van der Waals surface area contributed by atoms with E-state index in [1.165, 1.54) is 0 Å². The Balaban J connectivity index is 2.56. The number of carbonyl (C=O) groups is 1. The van der Waals surface area contributed by atoms with Gasteiger partial charge in [-0.1, -0.05) is 18.2 Å². The van der Waals surface area contributed by atoms with Crippen LogP contribution < -0.4 is 10.1 Å². The minimum atomic E-state index is -0.378. The molecule has 0 aromatic heterocycles. The van der Waals surface area contributed by atoms with Crippen molar-refractivity contribution in [2.45, 2.75) is 39.7 Å². The van der Waals surface area contributed by atoms with Crippen LogP contribution in [0.5, 0.6) is 5.75 Å². The van der Waals surface area contributed by atoms with Gasteiger partial charge in [-0.25, -0.2) is 4.79 Å². The minimum absolute atomic E-state index is 0.231. The first-order valence-corrected chi connectivity index (χ1v) is 6.60. The molecule has 0 radical (unpaired) electrons. The molecule has 106 valence electrons. The van der Waals surface area contributed by atoms with Gasteiger partial charge >= 0.3 is 6.09 Å². The average molecular weight is 265 g/mol. The summed E-state index contributed by atoms with van der Waals surface area (Å²) in [4.78, 5) is 11.2. The molecule has 1 amide bonds. The van der Waals surface area contributed by atoms with E-state index in [2.05, 4.69) is 5.32 Å². The molecule has 0 saturated carbocycles. The fraction of sp³-hybridized carbons (Fsp3) is 0.533. The largest absolute Gasteiger partial charge is 0.488 e. The third-order valence-electron chi connectivity index (χ3n) is 2.33. The summed E-state index contributed by atoms with van der Waals surface area (Å²) in [7, 11) is 0. The van der Waals surface area contributed by atoms with Gasteiger partial charge in [0, 0.05) is 6.54 Å². The van der Waals surface area contributed by atoms with Crippen LogP contribution in [0.3, 0.4) is 0 Å². The predicted octanol–water partition coefficient (Wildman–Crippen LogP) is 3.15. The van der Waals surface area contributed by atoms with E-state index in [0.717, 1.165) is 11.3 Å². The molecule has 0 aliphatic carbocycles. The van der Waals surface area contributed by atoms with Crippen LogP contribution in [0.1, 0.15) is 33.3 Å². The van der Waals surface area contributed by atoms with Crippen molar-refractivity contribution in [3.05, 3.63) is 29.8 Å². The van der Waals surface area contributed by atoms with Crippen molar-refractivity contribution in [3.8, 4) is 5.75 Å². The Labute approximate surface area is 115 Å². The molecule has 1 aromatic rings. The lowest BCUT2D eigenvalue weighted by Gasteiger charge is -2.23. The molecule has 1 rings (SSSR count). The second-order valence-electron chi connectivity index (χ2n) is 5.22. The highest BCUT2D eigenvalue weighted by Crippen LogP contribution is 2.23. The Kier molecular flexibility index (Phi) is 5.67. The molecule has 0 aliphatic heterocycles. The summed E-state index contributed by atoms with van der Waals surface area (Å²) in [5, 5.41) is 2.71. The number of alkyl carbamates (subject to hydrolysis) is 1. The summed E-state index contributed by atoms with van der Waals surface area (Å²) in [5.41, 5.74) is 0.847. The van der Waals surface area contributed by atoms with Gasteiger partial charge in [-0.05, 0) is 45.7 Å². The average Bonchev–Trinajstić information content (AvgIpc) is 2.30. The molecule has 0 bridgehead atoms. The summed E-state index contributed by atoms with van der Waals surface area (Å²) >= 11 is 0. The zero-order valence-electron chi connectivity index (χ0n) is 12.2. The maximum atomic E-state index is 11.2. The first kappa shape index (κ1) is 15.3. The van der Waals surface area contributed by atoms with Crippen LogP contribution in [-0.2, 0) is 11.2 Å². The third kappa shape index (κ3) is 6.13. The molecule has 19 heavy (non-hydrogen) atoms. The number of ether oxygens (including phenoxy) is 2. The van der Waals surface area contributed by atoms with E-state index < -0.39 is 0 Å². The molecule has 0 fully saturated rings. The lowest BCUT2D eigenvalue weighted by atomic mass is 10.1. The highest BCUT2D eigenvalue weighted by Gasteiger charge is 2.14. The monoisotopic (exact) mass is 265 g/mol. The van der Waals surface area contributed by atoms with Crippen molar-refractivity contribution in [2.24, 2.45) is 0 Å². The number of hydrogen-bond donors (Lipinski definition) is 1. The van der Waals surface area contributed by atoms with Crippen molar-refractivity contribution in [2.75, 3.05) is 13.2 Å². The fourth-order valence-electron chi connectivity index (χ4n) is 1.62. The van der Waals surface area contributed by atoms with Crippen molar-refractivity contribution >= 4 is 6.09 Å². The molecule has 0 saturated heterocycles. The summed E-state index contributed by atoms with van der Waals surface area (Å²) in [5.74, 6) is 0.862. The Morgan fingerprint density at radius 1 is 1.26 bits per heavy atom. The summed E-state index contributed by atoms with van der Waals surface area (Å²) in [6.45, 7) is 8.74. The lowest BCUT2D eigenvalue weighted by molar-refractivity contribution is 0.129. The van der Waals surface area contributed by atoms with Gasteiger partial charge in [-0.2, -0.15) is 0 Å². The third-order valence-corrected chi connectivity index (χ3v) is 2.33. The van der Waals surface area contributed by atoms with E-state index in [0.29, 0.717) is 19.6 Å². The Morgan fingerprint density at radius 3 is 2.58 bits per heavy atom. The second-order valence-corrected chi connectivity index (χ2v) is 5.22. The molecule has 1 aromatic carbocycles. The summed E-state index contributed by atoms with van der Waals surface area (Å²) in [6, 6.07) is 7.87. The number of hydrogen-bond acceptors (Lipinski definition) is 3. The van der Waals surface area contributed by atoms with Crippen molar-refractivity contribution in [3.63, 3.8) is 0 Å². The van der Waals surface area contributed by atoms with E-state index in [1.807, 2.05) is 45.0 Å². The number of nitrogens with one attached hydrogen (secondary N) is 1.